The molecule has 0 radical (unpaired) electrons. The Kier molecular flexibility index (Phi) is 16.8. The number of hydrogen-bond acceptors (Lipinski definition) is 21. The molecule has 0 aromatic heterocycles. The van der Waals surface area contributed by atoms with E-state index in [1.165, 1.54) is 0 Å². The fourth-order valence-electron chi connectivity index (χ4n) is 6.84. The Labute approximate surface area is 305 Å². The van der Waals surface area contributed by atoms with Gasteiger partial charge in [0.05, 0.1) is 36.9 Å². The van der Waals surface area contributed by atoms with Crippen molar-refractivity contribution in [2.75, 3.05) is 39.3 Å². The van der Waals surface area contributed by atoms with E-state index in [1.54, 1.807) is 0 Å². The zero-order valence-electron chi connectivity index (χ0n) is 29.2. The lowest BCUT2D eigenvalue weighted by Crippen LogP contribution is -2.67. The van der Waals surface area contributed by atoms with E-state index >= 15 is 0 Å². The normalized spacial score (nSPS) is 44.8. The highest BCUT2D eigenvalue weighted by atomic mass is 19.1. The van der Waals surface area contributed by atoms with E-state index in [4.69, 9.17) is 62.8 Å². The molecule has 22 nitrogen and oxygen atoms in total. The number of carbonyl (C=O) groups is 1. The van der Waals surface area contributed by atoms with Crippen molar-refractivity contribution in [3.05, 3.63) is 0 Å². The van der Waals surface area contributed by atoms with Crippen molar-refractivity contribution in [1.82, 2.24) is 10.6 Å². The molecule has 1 saturated carbocycles. The molecule has 3 saturated heterocycles. The van der Waals surface area contributed by atoms with Crippen LogP contribution in [0.3, 0.4) is 0 Å². The second-order valence-corrected chi connectivity index (χ2v) is 13.9. The van der Waals surface area contributed by atoms with Gasteiger partial charge in [-0.3, -0.25) is 4.79 Å². The molecular formula is C30H59FN8O14. The average Bonchev–Trinajstić information content (AvgIpc) is 3.43. The van der Waals surface area contributed by atoms with Gasteiger partial charge in [-0.05, 0) is 32.4 Å². The molecule has 3 aliphatic heterocycles. The fraction of sp³-hybridized carbons (Fsp3) is 0.967. The molecule has 1 amide bonds. The van der Waals surface area contributed by atoms with E-state index in [9.17, 15) is 44.9 Å². The van der Waals surface area contributed by atoms with Gasteiger partial charge in [0.2, 0.25) is 0 Å². The maximum atomic E-state index is 14.1. The number of halogens is 1. The first-order chi connectivity index (χ1) is 25.2. The molecule has 53 heavy (non-hydrogen) atoms. The van der Waals surface area contributed by atoms with Gasteiger partial charge in [0.25, 0.3) is 5.91 Å². The van der Waals surface area contributed by atoms with E-state index in [2.05, 4.69) is 10.6 Å². The van der Waals surface area contributed by atoms with Crippen molar-refractivity contribution in [2.45, 2.75) is 142 Å². The average molecular weight is 775 g/mol. The van der Waals surface area contributed by atoms with Crippen LogP contribution in [0.5, 0.6) is 0 Å². The van der Waals surface area contributed by atoms with Crippen molar-refractivity contribution in [3.8, 4) is 0 Å². The Morgan fingerprint density at radius 3 is 2.08 bits per heavy atom. The molecule has 0 spiro atoms. The molecule has 4 fully saturated rings. The molecule has 0 aromatic rings. The number of nitrogens with two attached hydrogens (primary N) is 6. The zero-order valence-corrected chi connectivity index (χ0v) is 29.2. The molecule has 20 atom stereocenters. The van der Waals surface area contributed by atoms with E-state index in [1.807, 2.05) is 0 Å². The minimum absolute atomic E-state index is 0.0653. The molecular weight excluding hydrogens is 715 g/mol. The summed E-state index contributed by atoms with van der Waals surface area (Å²) in [6.07, 6.45) is -22.8. The number of aliphatic hydroxyl groups is 7. The molecule has 0 bridgehead atoms. The highest BCUT2D eigenvalue weighted by Crippen LogP contribution is 2.34. The van der Waals surface area contributed by atoms with Crippen LogP contribution < -0.4 is 45.0 Å². The van der Waals surface area contributed by atoms with Crippen molar-refractivity contribution in [3.63, 3.8) is 0 Å². The summed E-state index contributed by atoms with van der Waals surface area (Å²) in [5, 5.41) is 80.0. The van der Waals surface area contributed by atoms with Gasteiger partial charge in [-0.1, -0.05) is 0 Å². The standard InChI is InChI=1S/C30H59FN8O14/c31-10(6-33)19(42)27(47)39-13-4-11(35)24(51-28-12(36)5-14(41)16(49-28)8-38-3-1-2-32)26(20(13)43)53-30-23(46)25(17(9-40)50-30)52-29-18(37)22(45)21(44)15(7-34)48-29/h10-26,28-30,38,40-46H,1-9,32-37H2,(H,39,47)/t10-,11+,12-,13-,14+,15+,16-,17-,18-,19+,20+,21-,22-,23-,24-,25-,26-,28-,29-,30+/m1/s1. The number of carbonyl (C=O) groups excluding carboxylic acids is 1. The van der Waals surface area contributed by atoms with Crippen LogP contribution in [-0.4, -0.2) is 203 Å². The molecule has 0 aromatic carbocycles. The van der Waals surface area contributed by atoms with Gasteiger partial charge >= 0.3 is 0 Å². The monoisotopic (exact) mass is 774 g/mol. The molecule has 23 heteroatoms. The first-order valence-electron chi connectivity index (χ1n) is 17.8. The third-order valence-electron chi connectivity index (χ3n) is 10.0. The van der Waals surface area contributed by atoms with Crippen LogP contribution in [0, 0.1) is 0 Å². The van der Waals surface area contributed by atoms with Gasteiger partial charge < -0.3 is 109 Å². The molecule has 1 aliphatic carbocycles. The first kappa shape index (κ1) is 44.3. The zero-order chi connectivity index (χ0) is 39.1. The maximum Gasteiger partial charge on any atom is 0.252 e. The number of amides is 1. The van der Waals surface area contributed by atoms with Gasteiger partial charge in [0.1, 0.15) is 61.1 Å². The van der Waals surface area contributed by atoms with Crippen molar-refractivity contribution in [2.24, 2.45) is 34.4 Å². The summed E-state index contributed by atoms with van der Waals surface area (Å²) in [7, 11) is 0. The van der Waals surface area contributed by atoms with E-state index in [0.29, 0.717) is 19.5 Å². The summed E-state index contributed by atoms with van der Waals surface area (Å²) in [5.41, 5.74) is 35.3. The predicted octanol–water partition coefficient (Wildman–Crippen LogP) is -9.07. The van der Waals surface area contributed by atoms with E-state index in [-0.39, 0.29) is 25.9 Å². The number of nitrogens with one attached hydrogen (secondary N) is 2. The Bertz CT molecular complexity index is 1130. The van der Waals surface area contributed by atoms with Crippen LogP contribution in [-0.2, 0) is 33.2 Å². The number of aliphatic hydroxyl groups excluding tert-OH is 7. The molecule has 4 aliphatic rings. The second kappa shape index (κ2) is 20.1. The largest absolute Gasteiger partial charge is 0.394 e. The molecule has 3 heterocycles. The lowest BCUT2D eigenvalue weighted by molar-refractivity contribution is -0.296. The lowest BCUT2D eigenvalue weighted by Gasteiger charge is -2.47. The van der Waals surface area contributed by atoms with Crippen molar-refractivity contribution < 1.29 is 73.4 Å². The minimum Gasteiger partial charge on any atom is -0.394 e. The Morgan fingerprint density at radius 2 is 1.43 bits per heavy atom. The second-order valence-electron chi connectivity index (χ2n) is 13.9. The lowest BCUT2D eigenvalue weighted by atomic mass is 9.83. The Morgan fingerprint density at radius 1 is 0.792 bits per heavy atom. The summed E-state index contributed by atoms with van der Waals surface area (Å²) < 4.78 is 49.6. The summed E-state index contributed by atoms with van der Waals surface area (Å²) in [6.45, 7) is -0.348. The van der Waals surface area contributed by atoms with Gasteiger partial charge in [-0.15, -0.1) is 0 Å². The van der Waals surface area contributed by atoms with Gasteiger partial charge in [-0.25, -0.2) is 4.39 Å². The van der Waals surface area contributed by atoms with Crippen LogP contribution >= 0.6 is 0 Å². The number of rotatable bonds is 17. The minimum atomic E-state index is -2.16. The highest BCUT2D eigenvalue weighted by molar-refractivity contribution is 5.81. The van der Waals surface area contributed by atoms with Crippen molar-refractivity contribution >= 4 is 5.91 Å². The Balaban J connectivity index is 1.55. The summed E-state index contributed by atoms with van der Waals surface area (Å²) in [4.78, 5) is 12.7. The van der Waals surface area contributed by atoms with Gasteiger partial charge in [0, 0.05) is 25.7 Å². The fourth-order valence-corrected chi connectivity index (χ4v) is 6.84. The van der Waals surface area contributed by atoms with Crippen LogP contribution in [0.15, 0.2) is 0 Å². The van der Waals surface area contributed by atoms with Crippen LogP contribution in [0.25, 0.3) is 0 Å². The van der Waals surface area contributed by atoms with Gasteiger partial charge in [0.15, 0.2) is 25.0 Å². The quantitative estimate of drug-likeness (QED) is 0.0610. The predicted molar refractivity (Wildman–Crippen MR) is 178 cm³/mol. The maximum absolute atomic E-state index is 14.1. The molecule has 310 valence electrons. The summed E-state index contributed by atoms with van der Waals surface area (Å²) in [6, 6.07) is -4.52. The highest BCUT2D eigenvalue weighted by Gasteiger charge is 2.54. The molecule has 21 N–H and O–H groups in total. The number of ether oxygens (including phenoxy) is 6. The third-order valence-corrected chi connectivity index (χ3v) is 10.0. The molecule has 0 unspecified atom stereocenters. The molecule has 4 rings (SSSR count). The topological polar surface area (TPSA) is 394 Å². The van der Waals surface area contributed by atoms with Crippen LogP contribution in [0.4, 0.5) is 4.39 Å². The Hall–Kier alpha value is -1.40. The van der Waals surface area contributed by atoms with E-state index < -0.39 is 142 Å². The number of hydrogen-bond donors (Lipinski definition) is 15. The smallest absolute Gasteiger partial charge is 0.252 e. The first-order valence-corrected chi connectivity index (χ1v) is 17.8. The van der Waals surface area contributed by atoms with E-state index in [0.717, 1.165) is 0 Å². The SMILES string of the molecule is NCCCNC[C@H]1O[C@H](O[C@H]2[C@H](O[C@@H]3O[C@H](CO)[C@@H](O[C@H]4O[C@@H](CN)[C@@H](O)[C@H](O)[C@H]4N)[C@H]3O)[C@@H](O)[C@H](NC(=O)[C@@H](O)[C@H](F)CN)C[C@@H]2N)[C@H](N)C[C@@H]1O. The van der Waals surface area contributed by atoms with Crippen molar-refractivity contribution in [1.29, 1.82) is 0 Å². The summed E-state index contributed by atoms with van der Waals surface area (Å²) in [5.74, 6) is -1.19. The third kappa shape index (κ3) is 10.5. The summed E-state index contributed by atoms with van der Waals surface area (Å²) >= 11 is 0. The number of alkyl halides is 1. The van der Waals surface area contributed by atoms with Gasteiger partial charge in [-0.2, -0.15) is 0 Å². The van der Waals surface area contributed by atoms with Crippen LogP contribution in [0.1, 0.15) is 19.3 Å². The van der Waals surface area contributed by atoms with Crippen LogP contribution in [0.2, 0.25) is 0 Å².